The van der Waals surface area contributed by atoms with Crippen molar-refractivity contribution in [1.29, 1.82) is 0 Å². The van der Waals surface area contributed by atoms with Crippen LogP contribution in [0.25, 0.3) is 0 Å². The fourth-order valence-corrected chi connectivity index (χ4v) is 2.21. The van der Waals surface area contributed by atoms with Crippen LogP contribution in [0.5, 0.6) is 0 Å². The number of likely N-dealkylation sites (N-methyl/N-ethyl adjacent to an activating group) is 1. The molecule has 0 atom stereocenters. The van der Waals surface area contributed by atoms with Gasteiger partial charge in [0.25, 0.3) is 0 Å². The molecule has 0 radical (unpaired) electrons. The monoisotopic (exact) mass is 256 g/mol. The van der Waals surface area contributed by atoms with Crippen LogP contribution in [-0.4, -0.2) is 67.4 Å². The molecule has 104 valence electrons. The average molecular weight is 256 g/mol. The molecule has 0 unspecified atom stereocenters. The van der Waals surface area contributed by atoms with Gasteiger partial charge in [-0.05, 0) is 19.4 Å². The number of hydrogen-bond acceptors (Lipinski definition) is 4. The molecule has 0 aromatic rings. The summed E-state index contributed by atoms with van der Waals surface area (Å²) in [4.78, 5) is 27.3. The second kappa shape index (κ2) is 7.33. The third-order valence-electron chi connectivity index (χ3n) is 3.50. The molecule has 1 aliphatic rings. The lowest BCUT2D eigenvalue weighted by Gasteiger charge is -2.35. The number of carbonyl (C=O) groups is 2. The first-order chi connectivity index (χ1) is 8.60. The van der Waals surface area contributed by atoms with Gasteiger partial charge in [-0.25, -0.2) is 0 Å². The van der Waals surface area contributed by atoms with Crippen LogP contribution in [0, 0.1) is 0 Å². The van der Waals surface area contributed by atoms with E-state index in [-0.39, 0.29) is 6.04 Å². The average Bonchev–Trinajstić information content (AvgIpc) is 2.43. The minimum absolute atomic E-state index is 0.170. The molecule has 0 aromatic carbocycles. The fourth-order valence-electron chi connectivity index (χ4n) is 2.21. The number of carbonyl (C=O) groups excluding carboxylic acids is 2. The summed E-state index contributed by atoms with van der Waals surface area (Å²) in [6, 6.07) is 0.170. The molecule has 1 saturated heterocycles. The fraction of sp³-hybridized carbons (Fsp3) is 0.833. The molecule has 0 aliphatic carbocycles. The highest BCUT2D eigenvalue weighted by molar-refractivity contribution is 6.35. The summed E-state index contributed by atoms with van der Waals surface area (Å²) in [5, 5.41) is 2.51. The van der Waals surface area contributed by atoms with Crippen LogP contribution in [0.1, 0.15) is 19.8 Å². The van der Waals surface area contributed by atoms with Crippen molar-refractivity contribution in [3.8, 4) is 0 Å². The molecule has 0 spiro atoms. The largest absolute Gasteiger partial charge is 0.347 e. The number of nitrogens with one attached hydrogen (secondary N) is 1. The van der Waals surface area contributed by atoms with E-state index in [1.54, 1.807) is 11.9 Å². The van der Waals surface area contributed by atoms with Crippen LogP contribution in [0.15, 0.2) is 0 Å². The van der Waals surface area contributed by atoms with E-state index >= 15 is 0 Å². The Morgan fingerprint density at radius 1 is 1.39 bits per heavy atom. The molecule has 3 N–H and O–H groups in total. The minimum Gasteiger partial charge on any atom is -0.347 e. The summed E-state index contributed by atoms with van der Waals surface area (Å²) in [7, 11) is 1.70. The Bertz CT molecular complexity index is 288. The number of amides is 2. The van der Waals surface area contributed by atoms with Crippen molar-refractivity contribution in [3.05, 3.63) is 0 Å². The Morgan fingerprint density at radius 3 is 2.50 bits per heavy atom. The maximum Gasteiger partial charge on any atom is 0.311 e. The van der Waals surface area contributed by atoms with Gasteiger partial charge < -0.3 is 20.9 Å². The van der Waals surface area contributed by atoms with Crippen LogP contribution < -0.4 is 11.1 Å². The molecule has 6 heteroatoms. The van der Waals surface area contributed by atoms with Crippen LogP contribution >= 0.6 is 0 Å². The van der Waals surface area contributed by atoms with E-state index in [1.165, 1.54) is 0 Å². The van der Waals surface area contributed by atoms with Gasteiger partial charge in [-0.3, -0.25) is 9.59 Å². The molecule has 1 heterocycles. The van der Waals surface area contributed by atoms with Crippen molar-refractivity contribution >= 4 is 11.8 Å². The quantitative estimate of drug-likeness (QED) is 0.633. The van der Waals surface area contributed by atoms with E-state index in [0.717, 1.165) is 32.5 Å². The zero-order valence-corrected chi connectivity index (χ0v) is 11.3. The minimum atomic E-state index is -0.555. The van der Waals surface area contributed by atoms with Crippen molar-refractivity contribution < 1.29 is 9.59 Å². The zero-order valence-electron chi connectivity index (χ0n) is 11.3. The maximum atomic E-state index is 11.9. The van der Waals surface area contributed by atoms with Crippen molar-refractivity contribution in [2.24, 2.45) is 5.73 Å². The Kier molecular flexibility index (Phi) is 6.07. The Morgan fingerprint density at radius 2 is 2.00 bits per heavy atom. The van der Waals surface area contributed by atoms with Gasteiger partial charge in [-0.2, -0.15) is 0 Å². The van der Waals surface area contributed by atoms with Crippen LogP contribution in [-0.2, 0) is 9.59 Å². The smallest absolute Gasteiger partial charge is 0.311 e. The Labute approximate surface area is 108 Å². The van der Waals surface area contributed by atoms with Gasteiger partial charge in [0, 0.05) is 39.3 Å². The third kappa shape index (κ3) is 3.96. The van der Waals surface area contributed by atoms with Crippen molar-refractivity contribution in [2.45, 2.75) is 25.8 Å². The predicted molar refractivity (Wildman–Crippen MR) is 70.0 cm³/mol. The summed E-state index contributed by atoms with van der Waals surface area (Å²) in [6.45, 7) is 5.84. The van der Waals surface area contributed by atoms with Crippen LogP contribution in [0.3, 0.4) is 0 Å². The lowest BCUT2D eigenvalue weighted by Crippen LogP contribution is -2.50. The molecule has 1 rings (SSSR count). The second-order valence-corrected chi connectivity index (χ2v) is 4.63. The summed E-state index contributed by atoms with van der Waals surface area (Å²) >= 11 is 0. The summed E-state index contributed by atoms with van der Waals surface area (Å²) < 4.78 is 0. The lowest BCUT2D eigenvalue weighted by molar-refractivity contribution is -0.146. The van der Waals surface area contributed by atoms with Crippen LogP contribution in [0.4, 0.5) is 0 Å². The number of likely N-dealkylation sites (tertiary alicyclic amines) is 1. The lowest BCUT2D eigenvalue weighted by atomic mass is 10.0. The number of rotatable bonds is 4. The number of nitrogens with two attached hydrogens (primary N) is 1. The topological polar surface area (TPSA) is 78.7 Å². The number of nitrogens with zero attached hydrogens (tertiary/aromatic N) is 2. The summed E-state index contributed by atoms with van der Waals surface area (Å²) in [5.41, 5.74) is 5.28. The molecule has 0 saturated carbocycles. The van der Waals surface area contributed by atoms with Gasteiger partial charge in [-0.15, -0.1) is 0 Å². The van der Waals surface area contributed by atoms with E-state index in [1.807, 2.05) is 0 Å². The number of hydrogen-bond donors (Lipinski definition) is 2. The van der Waals surface area contributed by atoms with Gasteiger partial charge >= 0.3 is 11.8 Å². The van der Waals surface area contributed by atoms with Gasteiger partial charge in [0.05, 0.1) is 0 Å². The highest BCUT2D eigenvalue weighted by atomic mass is 16.2. The molecule has 0 bridgehead atoms. The standard InChI is InChI=1S/C12H24N4O2/c1-3-16-8-4-10(5-9-16)15(2)12(18)11(17)14-7-6-13/h10H,3-9,13H2,1-2H3,(H,14,17). The molecular weight excluding hydrogens is 232 g/mol. The predicted octanol–water partition coefficient (Wildman–Crippen LogP) is -0.996. The molecule has 18 heavy (non-hydrogen) atoms. The summed E-state index contributed by atoms with van der Waals surface area (Å²) in [5.74, 6) is -1.01. The first-order valence-corrected chi connectivity index (χ1v) is 6.57. The third-order valence-corrected chi connectivity index (χ3v) is 3.50. The van der Waals surface area contributed by atoms with Crippen molar-refractivity contribution in [3.63, 3.8) is 0 Å². The first-order valence-electron chi connectivity index (χ1n) is 6.57. The maximum absolute atomic E-state index is 11.9. The molecule has 1 aliphatic heterocycles. The molecule has 6 nitrogen and oxygen atoms in total. The first kappa shape index (κ1) is 14.9. The number of piperidine rings is 1. The van der Waals surface area contributed by atoms with Gasteiger partial charge in [-0.1, -0.05) is 6.92 Å². The van der Waals surface area contributed by atoms with E-state index in [4.69, 9.17) is 5.73 Å². The van der Waals surface area contributed by atoms with E-state index in [9.17, 15) is 9.59 Å². The Balaban J connectivity index is 2.42. The van der Waals surface area contributed by atoms with Crippen molar-refractivity contribution in [1.82, 2.24) is 15.1 Å². The van der Waals surface area contributed by atoms with Crippen LogP contribution in [0.2, 0.25) is 0 Å². The SMILES string of the molecule is CCN1CCC(N(C)C(=O)C(=O)NCCN)CC1. The van der Waals surface area contributed by atoms with E-state index in [0.29, 0.717) is 13.1 Å². The van der Waals surface area contributed by atoms with E-state index < -0.39 is 11.8 Å². The van der Waals surface area contributed by atoms with Gasteiger partial charge in [0.15, 0.2) is 0 Å². The molecular formula is C12H24N4O2. The van der Waals surface area contributed by atoms with Gasteiger partial charge in [0.2, 0.25) is 0 Å². The molecule has 2 amide bonds. The molecule has 1 fully saturated rings. The highest BCUT2D eigenvalue weighted by Crippen LogP contribution is 2.15. The van der Waals surface area contributed by atoms with Gasteiger partial charge in [0.1, 0.15) is 0 Å². The Hall–Kier alpha value is -1.14. The van der Waals surface area contributed by atoms with Crippen molar-refractivity contribution in [2.75, 3.05) is 39.8 Å². The molecule has 0 aromatic heterocycles. The highest BCUT2D eigenvalue weighted by Gasteiger charge is 2.27. The summed E-state index contributed by atoms with van der Waals surface area (Å²) in [6.07, 6.45) is 1.86. The normalized spacial score (nSPS) is 17.5. The second-order valence-electron chi connectivity index (χ2n) is 4.63. The zero-order chi connectivity index (χ0) is 13.5. The van der Waals surface area contributed by atoms with E-state index in [2.05, 4.69) is 17.1 Å².